The van der Waals surface area contributed by atoms with Crippen LogP contribution in [0, 0.1) is 5.82 Å². The van der Waals surface area contributed by atoms with Gasteiger partial charge in [0, 0.05) is 6.42 Å². The van der Waals surface area contributed by atoms with Crippen LogP contribution in [0.4, 0.5) is 4.39 Å². The monoisotopic (exact) mass is 372 g/mol. The van der Waals surface area contributed by atoms with Gasteiger partial charge in [-0.3, -0.25) is 4.79 Å². The summed E-state index contributed by atoms with van der Waals surface area (Å²) in [4.78, 5) is 14.0. The molecular formula is C19H18ClFN4O. The first-order chi connectivity index (χ1) is 12.6. The number of halogens is 2. The van der Waals surface area contributed by atoms with Gasteiger partial charge in [0.1, 0.15) is 5.82 Å². The lowest BCUT2D eigenvalue weighted by Crippen LogP contribution is -2.32. The Hall–Kier alpha value is -2.73. The maximum absolute atomic E-state index is 13.2. The number of aromatic nitrogens is 3. The molecule has 0 radical (unpaired) electrons. The predicted octanol–water partition coefficient (Wildman–Crippen LogP) is 3.56. The molecule has 1 aromatic heterocycles. The second kappa shape index (κ2) is 8.58. The van der Waals surface area contributed by atoms with Gasteiger partial charge < -0.3 is 5.32 Å². The lowest BCUT2D eigenvalue weighted by molar-refractivity contribution is -0.121. The van der Waals surface area contributed by atoms with E-state index in [1.165, 1.54) is 10.9 Å². The minimum atomic E-state index is -0.462. The van der Waals surface area contributed by atoms with E-state index in [0.717, 1.165) is 11.1 Å². The van der Waals surface area contributed by atoms with Crippen LogP contribution in [0.1, 0.15) is 23.6 Å². The average molecular weight is 373 g/mol. The van der Waals surface area contributed by atoms with Gasteiger partial charge >= 0.3 is 0 Å². The summed E-state index contributed by atoms with van der Waals surface area (Å²) in [6, 6.07) is 13.9. The van der Waals surface area contributed by atoms with Crippen LogP contribution in [0.15, 0.2) is 60.9 Å². The summed E-state index contributed by atoms with van der Waals surface area (Å²) in [6.07, 6.45) is 3.95. The number of hydrogen-bond donors (Lipinski definition) is 1. The molecule has 26 heavy (non-hydrogen) atoms. The van der Waals surface area contributed by atoms with Crippen LogP contribution < -0.4 is 5.32 Å². The predicted molar refractivity (Wildman–Crippen MR) is 97.1 cm³/mol. The molecule has 2 aromatic carbocycles. The molecule has 0 fully saturated rings. The maximum Gasteiger partial charge on any atom is 0.220 e. The summed E-state index contributed by atoms with van der Waals surface area (Å²) in [6.45, 7) is 0.436. The average Bonchev–Trinajstić information content (AvgIpc) is 3.16. The van der Waals surface area contributed by atoms with E-state index in [9.17, 15) is 9.18 Å². The molecule has 134 valence electrons. The normalized spacial score (nSPS) is 11.9. The van der Waals surface area contributed by atoms with Crippen molar-refractivity contribution in [2.45, 2.75) is 25.4 Å². The standard InChI is InChI=1S/C19H18ClFN4O/c20-16-12-14(6-8-17(16)21)7-9-19(26)24-18(13-25-22-10-11-23-25)15-4-2-1-3-5-15/h1-6,8,10-12,18H,7,9,13H2,(H,24,26). The third kappa shape index (κ3) is 4.89. The van der Waals surface area contributed by atoms with Gasteiger partial charge in [0.2, 0.25) is 5.91 Å². The molecule has 1 heterocycles. The highest BCUT2D eigenvalue weighted by atomic mass is 35.5. The van der Waals surface area contributed by atoms with Crippen LogP contribution in [0.3, 0.4) is 0 Å². The molecule has 0 saturated heterocycles. The van der Waals surface area contributed by atoms with Crippen LogP contribution in [-0.4, -0.2) is 20.9 Å². The quantitative estimate of drug-likeness (QED) is 0.689. The highest BCUT2D eigenvalue weighted by Gasteiger charge is 2.16. The molecular weight excluding hydrogens is 355 g/mol. The highest BCUT2D eigenvalue weighted by Crippen LogP contribution is 2.18. The van der Waals surface area contributed by atoms with Crippen LogP contribution in [0.5, 0.6) is 0 Å². The van der Waals surface area contributed by atoms with Crippen molar-refractivity contribution in [2.75, 3.05) is 0 Å². The fraction of sp³-hybridized carbons (Fsp3) is 0.211. The number of amides is 1. The molecule has 3 aromatic rings. The van der Waals surface area contributed by atoms with Gasteiger partial charge in [-0.15, -0.1) is 0 Å². The first-order valence-electron chi connectivity index (χ1n) is 8.24. The van der Waals surface area contributed by atoms with Crippen molar-refractivity contribution in [1.82, 2.24) is 20.3 Å². The Morgan fingerprint density at radius 3 is 2.58 bits per heavy atom. The van der Waals surface area contributed by atoms with Crippen LogP contribution in [0.25, 0.3) is 0 Å². The van der Waals surface area contributed by atoms with E-state index in [-0.39, 0.29) is 23.4 Å². The van der Waals surface area contributed by atoms with E-state index >= 15 is 0 Å². The Labute approximate surface area is 155 Å². The van der Waals surface area contributed by atoms with Gasteiger partial charge in [0.15, 0.2) is 0 Å². The largest absolute Gasteiger partial charge is 0.347 e. The molecule has 0 aliphatic carbocycles. The van der Waals surface area contributed by atoms with Gasteiger partial charge in [-0.1, -0.05) is 48.0 Å². The molecule has 3 rings (SSSR count). The van der Waals surface area contributed by atoms with Crippen LogP contribution in [0.2, 0.25) is 5.02 Å². The molecule has 7 heteroatoms. The Morgan fingerprint density at radius 2 is 1.88 bits per heavy atom. The van der Waals surface area contributed by atoms with Crippen molar-refractivity contribution in [3.05, 3.63) is 82.9 Å². The molecule has 1 atom stereocenters. The second-order valence-electron chi connectivity index (χ2n) is 5.86. The fourth-order valence-corrected chi connectivity index (χ4v) is 2.84. The smallest absolute Gasteiger partial charge is 0.220 e. The maximum atomic E-state index is 13.2. The highest BCUT2D eigenvalue weighted by molar-refractivity contribution is 6.30. The summed E-state index contributed by atoms with van der Waals surface area (Å²) >= 11 is 5.78. The van der Waals surface area contributed by atoms with E-state index in [4.69, 9.17) is 11.6 Å². The summed E-state index contributed by atoms with van der Waals surface area (Å²) in [5, 5.41) is 11.3. The molecule has 1 N–H and O–H groups in total. The van der Waals surface area contributed by atoms with E-state index < -0.39 is 5.82 Å². The number of nitrogens with one attached hydrogen (secondary N) is 1. The molecule has 0 saturated carbocycles. The number of benzene rings is 2. The molecule has 0 bridgehead atoms. The summed E-state index contributed by atoms with van der Waals surface area (Å²) in [7, 11) is 0. The SMILES string of the molecule is O=C(CCc1ccc(F)c(Cl)c1)NC(Cn1nccn1)c1ccccc1. The first kappa shape index (κ1) is 18.1. The van der Waals surface area contributed by atoms with Crippen molar-refractivity contribution in [3.63, 3.8) is 0 Å². The zero-order valence-electron chi connectivity index (χ0n) is 14.0. The van der Waals surface area contributed by atoms with Gasteiger partial charge in [-0.25, -0.2) is 4.39 Å². The molecule has 0 aliphatic heterocycles. The zero-order chi connectivity index (χ0) is 18.4. The Bertz CT molecular complexity index is 855. The Balaban J connectivity index is 1.64. The number of carbonyl (C=O) groups excluding carboxylic acids is 1. The fourth-order valence-electron chi connectivity index (χ4n) is 2.64. The Morgan fingerprint density at radius 1 is 1.15 bits per heavy atom. The lowest BCUT2D eigenvalue weighted by atomic mass is 10.1. The van der Waals surface area contributed by atoms with E-state index in [0.29, 0.717) is 13.0 Å². The van der Waals surface area contributed by atoms with E-state index in [1.54, 1.807) is 24.5 Å². The van der Waals surface area contributed by atoms with E-state index in [2.05, 4.69) is 15.5 Å². The third-order valence-corrected chi connectivity index (χ3v) is 4.26. The first-order valence-corrected chi connectivity index (χ1v) is 8.62. The van der Waals surface area contributed by atoms with Crippen molar-refractivity contribution < 1.29 is 9.18 Å². The van der Waals surface area contributed by atoms with Gasteiger partial charge in [0.05, 0.1) is 30.0 Å². The minimum Gasteiger partial charge on any atom is -0.347 e. The van der Waals surface area contributed by atoms with Crippen molar-refractivity contribution in [2.24, 2.45) is 0 Å². The number of carbonyl (C=O) groups is 1. The zero-order valence-corrected chi connectivity index (χ0v) is 14.7. The summed E-state index contributed by atoms with van der Waals surface area (Å²) < 4.78 is 13.2. The molecule has 1 unspecified atom stereocenters. The van der Waals surface area contributed by atoms with Crippen molar-refractivity contribution >= 4 is 17.5 Å². The van der Waals surface area contributed by atoms with Gasteiger partial charge in [-0.05, 0) is 29.7 Å². The molecule has 1 amide bonds. The van der Waals surface area contributed by atoms with Gasteiger partial charge in [0.25, 0.3) is 0 Å². The topological polar surface area (TPSA) is 59.8 Å². The summed E-state index contributed by atoms with van der Waals surface area (Å²) in [5.41, 5.74) is 1.79. The third-order valence-electron chi connectivity index (χ3n) is 3.97. The lowest BCUT2D eigenvalue weighted by Gasteiger charge is -2.19. The second-order valence-corrected chi connectivity index (χ2v) is 6.27. The molecule has 5 nitrogen and oxygen atoms in total. The number of rotatable bonds is 7. The number of nitrogens with zero attached hydrogens (tertiary/aromatic N) is 3. The van der Waals surface area contributed by atoms with Crippen molar-refractivity contribution in [1.29, 1.82) is 0 Å². The van der Waals surface area contributed by atoms with Crippen molar-refractivity contribution in [3.8, 4) is 0 Å². The molecule has 0 aliphatic rings. The molecule has 0 spiro atoms. The van der Waals surface area contributed by atoms with E-state index in [1.807, 2.05) is 30.3 Å². The van der Waals surface area contributed by atoms with Crippen LogP contribution >= 0.6 is 11.6 Å². The van der Waals surface area contributed by atoms with Crippen LogP contribution in [-0.2, 0) is 17.8 Å². The minimum absolute atomic E-state index is 0.0647. The number of hydrogen-bond acceptors (Lipinski definition) is 3. The Kier molecular flexibility index (Phi) is 5.96. The summed E-state index contributed by atoms with van der Waals surface area (Å²) in [5.74, 6) is -0.567. The van der Waals surface area contributed by atoms with Gasteiger partial charge in [-0.2, -0.15) is 15.0 Å². The number of aryl methyl sites for hydroxylation is 1.